The third kappa shape index (κ3) is 2.92. The van der Waals surface area contributed by atoms with Crippen LogP contribution in [0.3, 0.4) is 0 Å². The predicted octanol–water partition coefficient (Wildman–Crippen LogP) is 4.34. The van der Waals surface area contributed by atoms with Crippen LogP contribution in [0.4, 0.5) is 0 Å². The lowest BCUT2D eigenvalue weighted by molar-refractivity contribution is 0.865. The molecule has 0 aliphatic rings. The van der Waals surface area contributed by atoms with E-state index in [1.54, 1.807) is 0 Å². The summed E-state index contributed by atoms with van der Waals surface area (Å²) in [5.74, 6) is 0. The lowest BCUT2D eigenvalue weighted by atomic mass is 9.98. The number of rotatable bonds is 4. The standard InChI is InChI=1S/C16H18ClN/c1-2-6-12-9-10-14(11-15(12)17)16(18)13-7-4-3-5-8-13/h3-5,7-11,16H,2,6,18H2,1H3. The predicted molar refractivity (Wildman–Crippen MR) is 77.9 cm³/mol. The Balaban J connectivity index is 2.26. The molecule has 2 rings (SSSR count). The van der Waals surface area contributed by atoms with Crippen molar-refractivity contribution in [2.75, 3.05) is 0 Å². The first kappa shape index (κ1) is 13.1. The van der Waals surface area contributed by atoms with Gasteiger partial charge in [-0.15, -0.1) is 0 Å². The van der Waals surface area contributed by atoms with Crippen LogP contribution in [-0.4, -0.2) is 0 Å². The molecule has 0 heterocycles. The normalized spacial score (nSPS) is 12.4. The highest BCUT2D eigenvalue weighted by atomic mass is 35.5. The van der Waals surface area contributed by atoms with Crippen molar-refractivity contribution in [1.29, 1.82) is 0 Å². The van der Waals surface area contributed by atoms with E-state index < -0.39 is 0 Å². The molecule has 0 radical (unpaired) electrons. The molecule has 0 aromatic heterocycles. The van der Waals surface area contributed by atoms with Gasteiger partial charge in [0.2, 0.25) is 0 Å². The molecule has 0 saturated heterocycles. The molecule has 0 amide bonds. The van der Waals surface area contributed by atoms with Gasteiger partial charge in [-0.2, -0.15) is 0 Å². The molecule has 2 aromatic carbocycles. The van der Waals surface area contributed by atoms with Crippen LogP contribution in [0.1, 0.15) is 36.1 Å². The zero-order valence-corrected chi connectivity index (χ0v) is 11.3. The Morgan fingerprint density at radius 1 is 1.06 bits per heavy atom. The van der Waals surface area contributed by atoms with Crippen LogP contribution < -0.4 is 5.73 Å². The molecule has 94 valence electrons. The van der Waals surface area contributed by atoms with Gasteiger partial charge in [0.1, 0.15) is 0 Å². The minimum absolute atomic E-state index is 0.112. The monoisotopic (exact) mass is 259 g/mol. The maximum atomic E-state index is 6.28. The molecule has 1 atom stereocenters. The summed E-state index contributed by atoms with van der Waals surface area (Å²) in [6.45, 7) is 2.15. The molecule has 2 N–H and O–H groups in total. The van der Waals surface area contributed by atoms with Crippen LogP contribution in [0.2, 0.25) is 5.02 Å². The summed E-state index contributed by atoms with van der Waals surface area (Å²) in [6, 6.07) is 16.1. The number of nitrogens with two attached hydrogens (primary N) is 1. The molecule has 0 aliphatic heterocycles. The van der Waals surface area contributed by atoms with Gasteiger partial charge in [0.25, 0.3) is 0 Å². The highest BCUT2D eigenvalue weighted by molar-refractivity contribution is 6.31. The number of benzene rings is 2. The van der Waals surface area contributed by atoms with Gasteiger partial charge in [-0.1, -0.05) is 67.4 Å². The molecule has 18 heavy (non-hydrogen) atoms. The van der Waals surface area contributed by atoms with Gasteiger partial charge in [-0.05, 0) is 29.2 Å². The highest BCUT2D eigenvalue weighted by Crippen LogP contribution is 2.25. The van der Waals surface area contributed by atoms with E-state index in [0.29, 0.717) is 0 Å². The van der Waals surface area contributed by atoms with E-state index in [0.717, 1.165) is 29.0 Å². The topological polar surface area (TPSA) is 26.0 Å². The van der Waals surface area contributed by atoms with E-state index >= 15 is 0 Å². The molecule has 0 bridgehead atoms. The SMILES string of the molecule is CCCc1ccc(C(N)c2ccccc2)cc1Cl. The third-order valence-corrected chi connectivity index (χ3v) is 3.47. The fourth-order valence-electron chi connectivity index (χ4n) is 2.08. The quantitative estimate of drug-likeness (QED) is 0.868. The van der Waals surface area contributed by atoms with Crippen LogP contribution >= 0.6 is 11.6 Å². The van der Waals surface area contributed by atoms with Gasteiger partial charge in [-0.25, -0.2) is 0 Å². The van der Waals surface area contributed by atoms with Crippen LogP contribution in [0.5, 0.6) is 0 Å². The van der Waals surface area contributed by atoms with Crippen molar-refractivity contribution in [3.63, 3.8) is 0 Å². The Kier molecular flexibility index (Phi) is 4.40. The fourth-order valence-corrected chi connectivity index (χ4v) is 2.37. The number of hydrogen-bond donors (Lipinski definition) is 1. The molecular weight excluding hydrogens is 242 g/mol. The van der Waals surface area contributed by atoms with Crippen molar-refractivity contribution in [3.05, 3.63) is 70.2 Å². The minimum Gasteiger partial charge on any atom is -0.320 e. The average molecular weight is 260 g/mol. The van der Waals surface area contributed by atoms with Crippen LogP contribution in [0, 0.1) is 0 Å². The zero-order valence-electron chi connectivity index (χ0n) is 10.6. The molecule has 1 unspecified atom stereocenters. The molecule has 0 aliphatic carbocycles. The minimum atomic E-state index is -0.112. The number of aryl methyl sites for hydroxylation is 1. The molecule has 2 heteroatoms. The first-order valence-corrected chi connectivity index (χ1v) is 6.69. The van der Waals surface area contributed by atoms with Crippen molar-refractivity contribution < 1.29 is 0 Å². The Morgan fingerprint density at radius 2 is 1.78 bits per heavy atom. The van der Waals surface area contributed by atoms with E-state index in [-0.39, 0.29) is 6.04 Å². The summed E-state index contributed by atoms with van der Waals surface area (Å²) in [5.41, 5.74) is 9.62. The van der Waals surface area contributed by atoms with E-state index in [9.17, 15) is 0 Å². The molecule has 0 saturated carbocycles. The largest absolute Gasteiger partial charge is 0.320 e. The van der Waals surface area contributed by atoms with Gasteiger partial charge in [0, 0.05) is 5.02 Å². The van der Waals surface area contributed by atoms with Crippen LogP contribution in [0.25, 0.3) is 0 Å². The second kappa shape index (κ2) is 6.03. The van der Waals surface area contributed by atoms with E-state index in [1.807, 2.05) is 36.4 Å². The summed E-state index contributed by atoms with van der Waals surface area (Å²) in [6.07, 6.45) is 2.11. The second-order valence-electron chi connectivity index (χ2n) is 4.49. The summed E-state index contributed by atoms with van der Waals surface area (Å²) in [4.78, 5) is 0. The maximum Gasteiger partial charge on any atom is 0.0552 e. The summed E-state index contributed by atoms with van der Waals surface area (Å²) >= 11 is 6.28. The summed E-state index contributed by atoms with van der Waals surface area (Å²) < 4.78 is 0. The average Bonchev–Trinajstić information content (AvgIpc) is 2.41. The Bertz CT molecular complexity index is 508. The third-order valence-electron chi connectivity index (χ3n) is 3.11. The molecule has 0 spiro atoms. The van der Waals surface area contributed by atoms with Crippen LogP contribution in [-0.2, 0) is 6.42 Å². The van der Waals surface area contributed by atoms with Crippen LogP contribution in [0.15, 0.2) is 48.5 Å². The molecule has 1 nitrogen and oxygen atoms in total. The Hall–Kier alpha value is -1.31. The first-order chi connectivity index (χ1) is 8.72. The smallest absolute Gasteiger partial charge is 0.0552 e. The second-order valence-corrected chi connectivity index (χ2v) is 4.90. The first-order valence-electron chi connectivity index (χ1n) is 6.31. The fraction of sp³-hybridized carbons (Fsp3) is 0.250. The lowest BCUT2D eigenvalue weighted by Crippen LogP contribution is -2.11. The van der Waals surface area contributed by atoms with Gasteiger partial charge >= 0.3 is 0 Å². The Labute approximate surface area is 114 Å². The van der Waals surface area contributed by atoms with E-state index in [1.165, 1.54) is 5.56 Å². The molecule has 0 fully saturated rings. The van der Waals surface area contributed by atoms with E-state index in [4.69, 9.17) is 17.3 Å². The highest BCUT2D eigenvalue weighted by Gasteiger charge is 2.10. The molecular formula is C16H18ClN. The van der Waals surface area contributed by atoms with E-state index in [2.05, 4.69) is 19.1 Å². The number of halogens is 1. The van der Waals surface area contributed by atoms with Crippen molar-refractivity contribution >= 4 is 11.6 Å². The zero-order chi connectivity index (χ0) is 13.0. The van der Waals surface area contributed by atoms with Crippen molar-refractivity contribution in [2.45, 2.75) is 25.8 Å². The van der Waals surface area contributed by atoms with Crippen molar-refractivity contribution in [3.8, 4) is 0 Å². The van der Waals surface area contributed by atoms with Crippen molar-refractivity contribution in [2.24, 2.45) is 5.73 Å². The van der Waals surface area contributed by atoms with Gasteiger partial charge < -0.3 is 5.73 Å². The van der Waals surface area contributed by atoms with Crippen molar-refractivity contribution in [1.82, 2.24) is 0 Å². The van der Waals surface area contributed by atoms with Gasteiger partial charge in [-0.3, -0.25) is 0 Å². The lowest BCUT2D eigenvalue weighted by Gasteiger charge is -2.14. The van der Waals surface area contributed by atoms with Gasteiger partial charge in [0.05, 0.1) is 6.04 Å². The molecule has 2 aromatic rings. The summed E-state index contributed by atoms with van der Waals surface area (Å²) in [5, 5.41) is 0.820. The number of hydrogen-bond acceptors (Lipinski definition) is 1. The van der Waals surface area contributed by atoms with Gasteiger partial charge in [0.15, 0.2) is 0 Å². The maximum absolute atomic E-state index is 6.28. The summed E-state index contributed by atoms with van der Waals surface area (Å²) in [7, 11) is 0. The Morgan fingerprint density at radius 3 is 2.39 bits per heavy atom.